The van der Waals surface area contributed by atoms with Crippen LogP contribution in [0.3, 0.4) is 0 Å². The van der Waals surface area contributed by atoms with Crippen LogP contribution in [-0.2, 0) is 23.9 Å². The molecule has 44 heavy (non-hydrogen) atoms. The Morgan fingerprint density at radius 2 is 1.59 bits per heavy atom. The molecule has 2 aliphatic rings. The fraction of sp³-hybridized carbons (Fsp3) is 0.182. The molecule has 222 valence electrons. The topological polar surface area (TPSA) is 107 Å². The van der Waals surface area contributed by atoms with Crippen molar-refractivity contribution >= 4 is 46.1 Å². The van der Waals surface area contributed by atoms with Gasteiger partial charge in [0.2, 0.25) is 0 Å². The summed E-state index contributed by atoms with van der Waals surface area (Å²) in [6, 6.07) is 20.4. The predicted molar refractivity (Wildman–Crippen MR) is 162 cm³/mol. The average Bonchev–Trinajstić information content (AvgIpc) is 3.49. The number of carbonyl (C=O) groups is 3. The zero-order valence-electron chi connectivity index (χ0n) is 23.8. The average molecular weight is 612 g/mol. The van der Waals surface area contributed by atoms with Gasteiger partial charge in [-0.2, -0.15) is 0 Å². The molecule has 9 nitrogen and oxygen atoms in total. The number of para-hydroxylation sites is 1. The summed E-state index contributed by atoms with van der Waals surface area (Å²) in [5.41, 5.74) is 2.00. The molecular weight excluding hydrogens is 585 g/mol. The number of halogens is 1. The lowest BCUT2D eigenvalue weighted by Crippen LogP contribution is -2.41. The van der Waals surface area contributed by atoms with Gasteiger partial charge in [0.15, 0.2) is 4.80 Å². The van der Waals surface area contributed by atoms with Gasteiger partial charge in [0, 0.05) is 11.1 Å². The molecule has 3 heterocycles. The van der Waals surface area contributed by atoms with Crippen LogP contribution in [0.15, 0.2) is 94.2 Å². The summed E-state index contributed by atoms with van der Waals surface area (Å²) in [6.07, 6.45) is 0. The molecule has 4 aromatic rings. The number of hydrogen-bond acceptors (Lipinski definition) is 8. The molecule has 0 aliphatic carbocycles. The van der Waals surface area contributed by atoms with E-state index in [0.29, 0.717) is 28.1 Å². The van der Waals surface area contributed by atoms with Gasteiger partial charge in [-0.25, -0.2) is 14.2 Å². The van der Waals surface area contributed by atoms with Crippen molar-refractivity contribution in [1.82, 2.24) is 4.57 Å². The Morgan fingerprint density at radius 1 is 0.909 bits per heavy atom. The molecule has 11 heteroatoms. The summed E-state index contributed by atoms with van der Waals surface area (Å²) in [6.45, 7) is 3.26. The maximum Gasteiger partial charge on any atom is 0.338 e. The molecule has 0 saturated heterocycles. The summed E-state index contributed by atoms with van der Waals surface area (Å²) in [7, 11) is 0. The molecule has 1 atom stereocenters. The number of fused-ring (bicyclic) bond motifs is 2. The first-order valence-corrected chi connectivity index (χ1v) is 14.8. The number of carbonyl (C=O) groups excluding carboxylic acids is 3. The number of esters is 2. The van der Waals surface area contributed by atoms with Crippen LogP contribution in [0.25, 0.3) is 11.3 Å². The van der Waals surface area contributed by atoms with E-state index in [-0.39, 0.29) is 40.2 Å². The molecule has 1 aromatic heterocycles. The summed E-state index contributed by atoms with van der Waals surface area (Å²) in [5, 5.41) is 0. The normalized spacial score (nSPS) is 16.8. The highest BCUT2D eigenvalue weighted by Crippen LogP contribution is 2.37. The monoisotopic (exact) mass is 611 g/mol. The van der Waals surface area contributed by atoms with E-state index < -0.39 is 35.3 Å². The zero-order valence-corrected chi connectivity index (χ0v) is 24.6. The first kappa shape index (κ1) is 28.9. The zero-order chi connectivity index (χ0) is 31.0. The fourth-order valence-corrected chi connectivity index (χ4v) is 6.53. The number of hydrogen-bond donors (Lipinski definition) is 0. The summed E-state index contributed by atoms with van der Waals surface area (Å²) in [4.78, 5) is 60.6. The number of rotatable bonds is 7. The molecule has 1 amide bonds. The third kappa shape index (κ3) is 4.94. The number of ether oxygens (including phenoxy) is 2. The van der Waals surface area contributed by atoms with Crippen LogP contribution in [0.1, 0.15) is 36.6 Å². The molecule has 0 unspecified atom stereocenters. The Morgan fingerprint density at radius 3 is 2.30 bits per heavy atom. The molecule has 6 rings (SSSR count). The van der Waals surface area contributed by atoms with Gasteiger partial charge in [0.05, 0.1) is 41.8 Å². The van der Waals surface area contributed by atoms with E-state index in [0.717, 1.165) is 11.3 Å². The largest absolute Gasteiger partial charge is 0.465 e. The van der Waals surface area contributed by atoms with Crippen molar-refractivity contribution < 1.29 is 28.2 Å². The van der Waals surface area contributed by atoms with E-state index in [2.05, 4.69) is 0 Å². The van der Waals surface area contributed by atoms with Crippen molar-refractivity contribution in [3.05, 3.63) is 127 Å². The second-order valence-electron chi connectivity index (χ2n) is 9.89. The standard InChI is InChI=1S/C33H26FN3O6S/c1-3-42-24(38)18-36-23-13-9-8-12-22(23)25(30(36)39)29-31(40)37-28(20-14-16-21(34)17-15-20)26(32(41)43-4-2)27(35-33(37)44-29)19-10-6-5-7-11-19/h5-17,28H,3-4,18H2,1-2H3/b29-25+/t28-/m0/s1. The quantitative estimate of drug-likeness (QED) is 0.297. The van der Waals surface area contributed by atoms with Crippen LogP contribution >= 0.6 is 11.3 Å². The van der Waals surface area contributed by atoms with E-state index >= 15 is 0 Å². The van der Waals surface area contributed by atoms with Crippen LogP contribution in [0, 0.1) is 5.82 Å². The lowest BCUT2D eigenvalue weighted by atomic mass is 9.93. The number of amides is 1. The Balaban J connectivity index is 1.65. The highest BCUT2D eigenvalue weighted by Gasteiger charge is 2.39. The number of benzene rings is 3. The molecule has 3 aromatic carbocycles. The Labute approximate surface area is 254 Å². The van der Waals surface area contributed by atoms with Gasteiger partial charge in [0.1, 0.15) is 16.9 Å². The minimum absolute atomic E-state index is 0.0801. The molecule has 0 bridgehead atoms. The SMILES string of the molecule is CCOC(=O)CN1C(=O)/C(=c2/sc3n(c2=O)[C@@H](c2ccc(F)cc2)C(C(=O)OCC)=C(c2ccccc2)N=3)c2ccccc21. The predicted octanol–water partition coefficient (Wildman–Crippen LogP) is 3.35. The first-order chi connectivity index (χ1) is 21.3. The maximum absolute atomic E-state index is 14.4. The van der Waals surface area contributed by atoms with Crippen molar-refractivity contribution in [3.8, 4) is 0 Å². The van der Waals surface area contributed by atoms with Crippen molar-refractivity contribution in [1.29, 1.82) is 0 Å². The third-order valence-electron chi connectivity index (χ3n) is 7.28. The summed E-state index contributed by atoms with van der Waals surface area (Å²) < 4.78 is 26.0. The van der Waals surface area contributed by atoms with Crippen LogP contribution < -0.4 is 19.8 Å². The minimum Gasteiger partial charge on any atom is -0.465 e. The number of thiazole rings is 1. The minimum atomic E-state index is -1.03. The van der Waals surface area contributed by atoms with Crippen molar-refractivity contribution in [2.75, 3.05) is 24.7 Å². The van der Waals surface area contributed by atoms with Gasteiger partial charge in [-0.05, 0) is 37.6 Å². The van der Waals surface area contributed by atoms with Gasteiger partial charge in [-0.15, -0.1) is 0 Å². The molecular formula is C33H26FN3O6S. The molecule has 0 radical (unpaired) electrons. The highest BCUT2D eigenvalue weighted by molar-refractivity contribution is 7.07. The van der Waals surface area contributed by atoms with E-state index in [9.17, 15) is 23.6 Å². The first-order valence-electron chi connectivity index (χ1n) is 14.0. The number of nitrogens with zero attached hydrogens (tertiary/aromatic N) is 3. The Hall–Kier alpha value is -5.16. The van der Waals surface area contributed by atoms with Crippen molar-refractivity contribution in [2.24, 2.45) is 4.99 Å². The molecule has 0 N–H and O–H groups in total. The van der Waals surface area contributed by atoms with E-state index in [4.69, 9.17) is 14.5 Å². The second kappa shape index (κ2) is 11.8. The van der Waals surface area contributed by atoms with Gasteiger partial charge >= 0.3 is 11.9 Å². The van der Waals surface area contributed by atoms with Crippen molar-refractivity contribution in [2.45, 2.75) is 19.9 Å². The number of aromatic nitrogens is 1. The summed E-state index contributed by atoms with van der Waals surface area (Å²) >= 11 is 1.01. The highest BCUT2D eigenvalue weighted by atomic mass is 32.1. The van der Waals surface area contributed by atoms with Crippen LogP contribution in [0.5, 0.6) is 0 Å². The van der Waals surface area contributed by atoms with E-state index in [1.54, 1.807) is 62.4 Å². The molecule has 0 saturated carbocycles. The molecule has 2 aliphatic heterocycles. The van der Waals surface area contributed by atoms with Gasteiger partial charge in [-0.3, -0.25) is 23.9 Å². The van der Waals surface area contributed by atoms with Crippen LogP contribution in [-0.4, -0.2) is 42.2 Å². The van der Waals surface area contributed by atoms with Crippen molar-refractivity contribution in [3.63, 3.8) is 0 Å². The fourth-order valence-electron chi connectivity index (χ4n) is 5.44. The summed E-state index contributed by atoms with van der Waals surface area (Å²) in [5.74, 6) is -2.27. The molecule has 0 fully saturated rings. The van der Waals surface area contributed by atoms with Gasteiger partial charge in [0.25, 0.3) is 11.5 Å². The van der Waals surface area contributed by atoms with Crippen LogP contribution in [0.4, 0.5) is 10.1 Å². The van der Waals surface area contributed by atoms with E-state index in [1.165, 1.54) is 33.7 Å². The van der Waals surface area contributed by atoms with Crippen LogP contribution in [0.2, 0.25) is 0 Å². The lowest BCUT2D eigenvalue weighted by Gasteiger charge is -2.25. The van der Waals surface area contributed by atoms with E-state index in [1.807, 2.05) is 6.07 Å². The molecule has 0 spiro atoms. The third-order valence-corrected chi connectivity index (χ3v) is 8.33. The number of anilines is 1. The van der Waals surface area contributed by atoms with Gasteiger partial charge in [-0.1, -0.05) is 72.0 Å². The Bertz CT molecular complexity index is 2010. The van der Waals surface area contributed by atoms with Gasteiger partial charge < -0.3 is 9.47 Å². The Kier molecular flexibility index (Phi) is 7.79. The maximum atomic E-state index is 14.4. The second-order valence-corrected chi connectivity index (χ2v) is 10.9. The lowest BCUT2D eigenvalue weighted by molar-refractivity contribution is -0.142. The smallest absolute Gasteiger partial charge is 0.338 e.